The predicted molar refractivity (Wildman–Crippen MR) is 54.1 cm³/mol. The number of pyridine rings is 2. The Morgan fingerprint density at radius 3 is 2.35 bits per heavy atom. The van der Waals surface area contributed by atoms with Crippen molar-refractivity contribution < 1.29 is 18.3 Å². The van der Waals surface area contributed by atoms with Crippen molar-refractivity contribution in [3.63, 3.8) is 0 Å². The number of aromatic nitrogens is 2. The van der Waals surface area contributed by atoms with E-state index in [1.54, 1.807) is 0 Å². The van der Waals surface area contributed by atoms with Gasteiger partial charge in [-0.15, -0.1) is 0 Å². The van der Waals surface area contributed by atoms with Gasteiger partial charge in [0, 0.05) is 18.0 Å². The highest BCUT2D eigenvalue weighted by molar-refractivity contribution is 5.64. The van der Waals surface area contributed by atoms with Gasteiger partial charge in [0.25, 0.3) is 0 Å². The molecule has 1 N–H and O–H groups in total. The van der Waals surface area contributed by atoms with E-state index >= 15 is 0 Å². The summed E-state index contributed by atoms with van der Waals surface area (Å²) >= 11 is 0. The summed E-state index contributed by atoms with van der Waals surface area (Å²) in [4.78, 5) is 7.16. The molecule has 17 heavy (non-hydrogen) atoms. The van der Waals surface area contributed by atoms with Crippen LogP contribution in [0, 0.1) is 0 Å². The van der Waals surface area contributed by atoms with Crippen LogP contribution in [0.5, 0.6) is 5.75 Å². The molecule has 2 aromatic heterocycles. The van der Waals surface area contributed by atoms with E-state index < -0.39 is 11.9 Å². The second kappa shape index (κ2) is 4.04. The van der Waals surface area contributed by atoms with Crippen molar-refractivity contribution in [2.75, 3.05) is 0 Å². The van der Waals surface area contributed by atoms with Crippen LogP contribution >= 0.6 is 0 Å². The largest absolute Gasteiger partial charge is 0.506 e. The van der Waals surface area contributed by atoms with Crippen molar-refractivity contribution in [2.45, 2.75) is 6.18 Å². The minimum Gasteiger partial charge on any atom is -0.506 e. The monoisotopic (exact) mass is 240 g/mol. The molecule has 0 saturated heterocycles. The first-order chi connectivity index (χ1) is 7.98. The zero-order chi connectivity index (χ0) is 12.5. The van der Waals surface area contributed by atoms with E-state index in [1.165, 1.54) is 24.4 Å². The minimum absolute atomic E-state index is 0.103. The first kappa shape index (κ1) is 11.4. The lowest BCUT2D eigenvalue weighted by atomic mass is 10.1. The topological polar surface area (TPSA) is 46.0 Å². The van der Waals surface area contributed by atoms with Crippen molar-refractivity contribution in [3.05, 3.63) is 42.4 Å². The van der Waals surface area contributed by atoms with Crippen LogP contribution in [0.2, 0.25) is 0 Å². The SMILES string of the molecule is Oc1cccnc1-c1ccc(C(F)(F)F)nc1. The van der Waals surface area contributed by atoms with Gasteiger partial charge in [-0.1, -0.05) is 0 Å². The van der Waals surface area contributed by atoms with Gasteiger partial charge >= 0.3 is 6.18 Å². The summed E-state index contributed by atoms with van der Waals surface area (Å²) in [6.07, 6.45) is -2.00. The highest BCUT2D eigenvalue weighted by atomic mass is 19.4. The zero-order valence-electron chi connectivity index (χ0n) is 8.44. The average Bonchev–Trinajstić information content (AvgIpc) is 2.29. The Bertz CT molecular complexity index is 523. The van der Waals surface area contributed by atoms with Crippen LogP contribution < -0.4 is 0 Å². The molecule has 2 rings (SSSR count). The molecule has 2 aromatic rings. The Labute approximate surface area is 94.6 Å². The summed E-state index contributed by atoms with van der Waals surface area (Å²) in [6.45, 7) is 0. The molecule has 0 amide bonds. The molecule has 0 bridgehead atoms. The van der Waals surface area contributed by atoms with E-state index in [9.17, 15) is 18.3 Å². The van der Waals surface area contributed by atoms with Crippen molar-refractivity contribution in [1.82, 2.24) is 9.97 Å². The molecule has 0 saturated carbocycles. The predicted octanol–water partition coefficient (Wildman–Crippen LogP) is 2.87. The minimum atomic E-state index is -4.47. The number of hydrogen-bond acceptors (Lipinski definition) is 3. The van der Waals surface area contributed by atoms with Gasteiger partial charge in [-0.2, -0.15) is 13.2 Å². The lowest BCUT2D eigenvalue weighted by molar-refractivity contribution is -0.141. The summed E-state index contributed by atoms with van der Waals surface area (Å²) in [6, 6.07) is 5.00. The van der Waals surface area contributed by atoms with Crippen molar-refractivity contribution in [3.8, 4) is 17.0 Å². The molecule has 0 atom stereocenters. The van der Waals surface area contributed by atoms with Gasteiger partial charge in [-0.05, 0) is 24.3 Å². The standard InChI is InChI=1S/C11H7F3N2O/c12-11(13,14)9-4-3-7(6-16-9)10-8(17)2-1-5-15-10/h1-6,17H. The van der Waals surface area contributed by atoms with Gasteiger partial charge in [0.1, 0.15) is 17.1 Å². The third-order valence-corrected chi connectivity index (χ3v) is 2.11. The molecule has 0 aliphatic rings. The summed E-state index contributed by atoms with van der Waals surface area (Å²) < 4.78 is 36.8. The van der Waals surface area contributed by atoms with Gasteiger partial charge in [0.2, 0.25) is 0 Å². The van der Waals surface area contributed by atoms with Crippen LogP contribution in [0.4, 0.5) is 13.2 Å². The fourth-order valence-corrected chi connectivity index (χ4v) is 1.32. The maximum absolute atomic E-state index is 12.3. The molecule has 0 aliphatic heterocycles. The van der Waals surface area contributed by atoms with Crippen LogP contribution in [0.15, 0.2) is 36.7 Å². The maximum atomic E-state index is 12.3. The van der Waals surface area contributed by atoms with Gasteiger partial charge in [-0.25, -0.2) is 0 Å². The lowest BCUT2D eigenvalue weighted by Crippen LogP contribution is -2.07. The summed E-state index contributed by atoms with van der Waals surface area (Å²) in [7, 11) is 0. The average molecular weight is 240 g/mol. The molecular weight excluding hydrogens is 233 g/mol. The molecule has 88 valence electrons. The molecule has 0 fully saturated rings. The first-order valence-corrected chi connectivity index (χ1v) is 4.66. The molecule has 0 radical (unpaired) electrons. The summed E-state index contributed by atoms with van der Waals surface area (Å²) in [5.41, 5.74) is -0.443. The lowest BCUT2D eigenvalue weighted by Gasteiger charge is -2.06. The van der Waals surface area contributed by atoms with E-state index in [2.05, 4.69) is 9.97 Å². The smallest absolute Gasteiger partial charge is 0.433 e. The first-order valence-electron chi connectivity index (χ1n) is 4.66. The fraction of sp³-hybridized carbons (Fsp3) is 0.0909. The van der Waals surface area contributed by atoms with Gasteiger partial charge < -0.3 is 5.11 Å². The molecular formula is C11H7F3N2O. The van der Waals surface area contributed by atoms with Crippen LogP contribution in [0.25, 0.3) is 11.3 Å². The zero-order valence-corrected chi connectivity index (χ0v) is 8.44. The second-order valence-corrected chi connectivity index (χ2v) is 3.30. The van der Waals surface area contributed by atoms with E-state index in [4.69, 9.17) is 0 Å². The van der Waals surface area contributed by atoms with Crippen molar-refractivity contribution >= 4 is 0 Å². The second-order valence-electron chi connectivity index (χ2n) is 3.30. The molecule has 0 aromatic carbocycles. The van der Waals surface area contributed by atoms with E-state index in [1.807, 2.05) is 0 Å². The number of hydrogen-bond donors (Lipinski definition) is 1. The summed E-state index contributed by atoms with van der Waals surface area (Å²) in [5, 5.41) is 9.48. The van der Waals surface area contributed by atoms with E-state index in [-0.39, 0.29) is 11.4 Å². The van der Waals surface area contributed by atoms with Gasteiger partial charge in [0.05, 0.1) is 0 Å². The number of halogens is 3. The molecule has 0 unspecified atom stereocenters. The molecule has 2 heterocycles. The Kier molecular flexibility index (Phi) is 2.71. The Morgan fingerprint density at radius 2 is 1.82 bits per heavy atom. The van der Waals surface area contributed by atoms with Crippen molar-refractivity contribution in [2.24, 2.45) is 0 Å². The normalized spacial score (nSPS) is 11.5. The molecule has 3 nitrogen and oxygen atoms in total. The van der Waals surface area contributed by atoms with Crippen LogP contribution in [0.1, 0.15) is 5.69 Å². The Balaban J connectivity index is 2.40. The summed E-state index contributed by atoms with van der Waals surface area (Å²) in [5.74, 6) is -0.103. The van der Waals surface area contributed by atoms with Gasteiger partial charge in [-0.3, -0.25) is 9.97 Å². The molecule has 0 spiro atoms. The van der Waals surface area contributed by atoms with E-state index in [0.717, 1.165) is 12.3 Å². The Morgan fingerprint density at radius 1 is 1.06 bits per heavy atom. The van der Waals surface area contributed by atoms with Crippen LogP contribution in [-0.4, -0.2) is 15.1 Å². The number of alkyl halides is 3. The van der Waals surface area contributed by atoms with E-state index in [0.29, 0.717) is 5.56 Å². The highest BCUT2D eigenvalue weighted by Crippen LogP contribution is 2.30. The molecule has 0 aliphatic carbocycles. The van der Waals surface area contributed by atoms with Crippen LogP contribution in [-0.2, 0) is 6.18 Å². The van der Waals surface area contributed by atoms with Crippen molar-refractivity contribution in [1.29, 1.82) is 0 Å². The third kappa shape index (κ3) is 2.35. The Hall–Kier alpha value is -2.11. The highest BCUT2D eigenvalue weighted by Gasteiger charge is 2.32. The quantitative estimate of drug-likeness (QED) is 0.833. The number of aromatic hydroxyl groups is 1. The fourth-order valence-electron chi connectivity index (χ4n) is 1.32. The molecule has 6 heteroatoms. The third-order valence-electron chi connectivity index (χ3n) is 2.11. The number of rotatable bonds is 1. The maximum Gasteiger partial charge on any atom is 0.433 e. The van der Waals surface area contributed by atoms with Gasteiger partial charge in [0.15, 0.2) is 0 Å². The number of nitrogens with zero attached hydrogens (tertiary/aromatic N) is 2. The van der Waals surface area contributed by atoms with Crippen LogP contribution in [0.3, 0.4) is 0 Å².